The van der Waals surface area contributed by atoms with Crippen LogP contribution in [0.25, 0.3) is 0 Å². The largest absolute Gasteiger partial charge is 0.469 e. The average molecular weight is 381 g/mol. The van der Waals surface area contributed by atoms with Crippen molar-refractivity contribution in [1.29, 1.82) is 0 Å². The van der Waals surface area contributed by atoms with Gasteiger partial charge in [-0.05, 0) is 24.7 Å². The van der Waals surface area contributed by atoms with Crippen LogP contribution in [0.4, 0.5) is 0 Å². The normalized spacial score (nSPS) is 18.6. The fraction of sp³-hybridized carbons (Fsp3) is 0.960. The molecule has 160 valence electrons. The van der Waals surface area contributed by atoms with Crippen molar-refractivity contribution in [3.63, 3.8) is 0 Å². The highest BCUT2D eigenvalue weighted by molar-refractivity contribution is 5.69. The number of hydrogen-bond acceptors (Lipinski definition) is 2. The third-order valence-electron chi connectivity index (χ3n) is 6.44. The van der Waals surface area contributed by atoms with E-state index in [0.29, 0.717) is 6.42 Å². The van der Waals surface area contributed by atoms with Gasteiger partial charge in [-0.25, -0.2) is 0 Å². The van der Waals surface area contributed by atoms with Crippen LogP contribution in [0.1, 0.15) is 135 Å². The second kappa shape index (κ2) is 17.6. The van der Waals surface area contributed by atoms with Gasteiger partial charge in [0.15, 0.2) is 0 Å². The van der Waals surface area contributed by atoms with Crippen molar-refractivity contribution in [1.82, 2.24) is 0 Å². The first-order valence-corrected chi connectivity index (χ1v) is 12.3. The fourth-order valence-corrected chi connectivity index (χ4v) is 4.38. The average Bonchev–Trinajstić information content (AvgIpc) is 3.44. The van der Waals surface area contributed by atoms with E-state index in [1.54, 1.807) is 0 Å². The van der Waals surface area contributed by atoms with Crippen molar-refractivity contribution in [3.8, 4) is 0 Å². The van der Waals surface area contributed by atoms with Gasteiger partial charge in [0.05, 0.1) is 7.11 Å². The summed E-state index contributed by atoms with van der Waals surface area (Å²) < 4.78 is 4.72. The minimum Gasteiger partial charge on any atom is -0.469 e. The second-order valence-corrected chi connectivity index (χ2v) is 8.96. The van der Waals surface area contributed by atoms with Crippen molar-refractivity contribution in [2.45, 2.75) is 135 Å². The molecule has 0 radical (unpaired) electrons. The first kappa shape index (κ1) is 24.5. The molecule has 0 bridgehead atoms. The van der Waals surface area contributed by atoms with Crippen LogP contribution in [0.2, 0.25) is 0 Å². The summed E-state index contributed by atoms with van der Waals surface area (Å²) in [5.74, 6) is 1.70. The summed E-state index contributed by atoms with van der Waals surface area (Å²) in [6, 6.07) is 0. The van der Waals surface area contributed by atoms with Gasteiger partial charge in [0, 0.05) is 6.42 Å². The molecule has 0 aromatic carbocycles. The molecule has 2 nitrogen and oxygen atoms in total. The van der Waals surface area contributed by atoms with E-state index in [1.165, 1.54) is 123 Å². The third-order valence-corrected chi connectivity index (χ3v) is 6.44. The summed E-state index contributed by atoms with van der Waals surface area (Å²) in [4.78, 5) is 11.1. The highest BCUT2D eigenvalue weighted by Gasteiger charge is 2.35. The Hall–Kier alpha value is -0.530. The summed E-state index contributed by atoms with van der Waals surface area (Å²) in [7, 11) is 1.49. The molecule has 1 saturated carbocycles. The van der Waals surface area contributed by atoms with Crippen LogP contribution in [0, 0.1) is 11.8 Å². The maximum atomic E-state index is 11.1. The van der Waals surface area contributed by atoms with Crippen molar-refractivity contribution in [2.24, 2.45) is 11.8 Å². The molecular weight excluding hydrogens is 332 g/mol. The van der Waals surface area contributed by atoms with E-state index in [4.69, 9.17) is 4.74 Å². The molecule has 0 N–H and O–H groups in total. The number of methoxy groups -OCH3 is 1. The van der Waals surface area contributed by atoms with Crippen molar-refractivity contribution in [3.05, 3.63) is 0 Å². The Bertz CT molecular complexity index is 339. The standard InChI is InChI=1S/C25H48O2/c1-3-4-5-6-7-8-9-10-11-12-13-14-15-16-17-18-19-23-22-24(23)20-21-25(26)27-2/h23-24H,3-22H2,1-2H3/t23-,24+/m0/s1. The molecule has 0 aromatic heterocycles. The molecule has 0 unspecified atom stereocenters. The maximum Gasteiger partial charge on any atom is 0.305 e. The third kappa shape index (κ3) is 15.1. The zero-order chi connectivity index (χ0) is 19.6. The monoisotopic (exact) mass is 380 g/mol. The quantitative estimate of drug-likeness (QED) is 0.157. The number of ether oxygens (including phenoxy) is 1. The number of unbranched alkanes of at least 4 members (excludes halogenated alkanes) is 15. The molecule has 0 amide bonds. The number of carbonyl (C=O) groups excluding carboxylic acids is 1. The van der Waals surface area contributed by atoms with Gasteiger partial charge in [0.1, 0.15) is 0 Å². The maximum absolute atomic E-state index is 11.1. The lowest BCUT2D eigenvalue weighted by molar-refractivity contribution is -0.140. The minimum absolute atomic E-state index is 0.0388. The zero-order valence-corrected chi connectivity index (χ0v) is 18.6. The predicted molar refractivity (Wildman–Crippen MR) is 117 cm³/mol. The Morgan fingerprint density at radius 1 is 0.667 bits per heavy atom. The van der Waals surface area contributed by atoms with Crippen LogP contribution in [-0.2, 0) is 9.53 Å². The van der Waals surface area contributed by atoms with E-state index in [1.807, 2.05) is 0 Å². The molecule has 0 aromatic rings. The zero-order valence-electron chi connectivity index (χ0n) is 18.6. The number of rotatable bonds is 20. The van der Waals surface area contributed by atoms with Gasteiger partial charge in [0.25, 0.3) is 0 Å². The molecule has 2 heteroatoms. The van der Waals surface area contributed by atoms with E-state index in [0.717, 1.165) is 18.3 Å². The van der Waals surface area contributed by atoms with Crippen LogP contribution in [-0.4, -0.2) is 13.1 Å². The first-order valence-electron chi connectivity index (χ1n) is 12.3. The SMILES string of the molecule is CCCCCCCCCCCCCCCCCC[C@H]1C[C@H]1CCC(=O)OC. The molecule has 0 saturated heterocycles. The first-order chi connectivity index (χ1) is 13.3. The van der Waals surface area contributed by atoms with E-state index in [9.17, 15) is 4.79 Å². The fourth-order valence-electron chi connectivity index (χ4n) is 4.38. The van der Waals surface area contributed by atoms with Gasteiger partial charge < -0.3 is 4.74 Å². The van der Waals surface area contributed by atoms with E-state index < -0.39 is 0 Å². The molecule has 2 atom stereocenters. The van der Waals surface area contributed by atoms with Gasteiger partial charge in [-0.15, -0.1) is 0 Å². The number of hydrogen-bond donors (Lipinski definition) is 0. The Morgan fingerprint density at radius 2 is 1.07 bits per heavy atom. The summed E-state index contributed by atoms with van der Waals surface area (Å²) in [6.45, 7) is 2.29. The lowest BCUT2D eigenvalue weighted by atomic mass is 10.0. The van der Waals surface area contributed by atoms with Crippen LogP contribution in [0.3, 0.4) is 0 Å². The summed E-state index contributed by atoms with van der Waals surface area (Å²) in [5, 5.41) is 0. The highest BCUT2D eigenvalue weighted by Crippen LogP contribution is 2.45. The Balaban J connectivity index is 1.69. The molecular formula is C25H48O2. The van der Waals surface area contributed by atoms with Gasteiger partial charge in [0.2, 0.25) is 0 Å². The van der Waals surface area contributed by atoms with Crippen LogP contribution < -0.4 is 0 Å². The van der Waals surface area contributed by atoms with Gasteiger partial charge in [-0.3, -0.25) is 4.79 Å². The Labute approximate surface area is 170 Å². The molecule has 1 fully saturated rings. The van der Waals surface area contributed by atoms with E-state index >= 15 is 0 Å². The number of carbonyl (C=O) groups is 1. The van der Waals surface area contributed by atoms with Gasteiger partial charge in [-0.1, -0.05) is 116 Å². The van der Waals surface area contributed by atoms with Crippen LogP contribution in [0.15, 0.2) is 0 Å². The molecule has 0 spiro atoms. The molecule has 27 heavy (non-hydrogen) atoms. The lowest BCUT2D eigenvalue weighted by Crippen LogP contribution is -2.00. The van der Waals surface area contributed by atoms with Crippen molar-refractivity contribution < 1.29 is 9.53 Å². The van der Waals surface area contributed by atoms with Gasteiger partial charge >= 0.3 is 5.97 Å². The summed E-state index contributed by atoms with van der Waals surface area (Å²) >= 11 is 0. The van der Waals surface area contributed by atoms with E-state index in [-0.39, 0.29) is 5.97 Å². The molecule has 1 aliphatic carbocycles. The number of esters is 1. The molecule has 0 aliphatic heterocycles. The smallest absolute Gasteiger partial charge is 0.305 e. The molecule has 1 aliphatic rings. The molecule has 0 heterocycles. The lowest BCUT2D eigenvalue weighted by Gasteiger charge is -2.04. The van der Waals surface area contributed by atoms with Crippen LogP contribution >= 0.6 is 0 Å². The van der Waals surface area contributed by atoms with Crippen molar-refractivity contribution >= 4 is 5.97 Å². The second-order valence-electron chi connectivity index (χ2n) is 8.96. The molecule has 1 rings (SSSR count). The Kier molecular flexibility index (Phi) is 15.9. The summed E-state index contributed by atoms with van der Waals surface area (Å²) in [5.41, 5.74) is 0. The van der Waals surface area contributed by atoms with Crippen molar-refractivity contribution in [2.75, 3.05) is 7.11 Å². The van der Waals surface area contributed by atoms with E-state index in [2.05, 4.69) is 6.92 Å². The predicted octanol–water partition coefficient (Wildman–Crippen LogP) is 8.23. The van der Waals surface area contributed by atoms with Crippen LogP contribution in [0.5, 0.6) is 0 Å². The van der Waals surface area contributed by atoms with Gasteiger partial charge in [-0.2, -0.15) is 0 Å². The minimum atomic E-state index is -0.0388. The topological polar surface area (TPSA) is 26.3 Å². The highest BCUT2D eigenvalue weighted by atomic mass is 16.5. The summed E-state index contributed by atoms with van der Waals surface area (Å²) in [6.07, 6.45) is 27.5. The Morgan fingerprint density at radius 3 is 1.52 bits per heavy atom.